The first-order valence-electron chi connectivity index (χ1n) is 5.79. The number of nitrogens with zero attached hydrogens (tertiary/aromatic N) is 2. The van der Waals surface area contributed by atoms with Gasteiger partial charge in [-0.2, -0.15) is 10.3 Å². The summed E-state index contributed by atoms with van der Waals surface area (Å²) in [6.45, 7) is 0. The van der Waals surface area contributed by atoms with E-state index in [-0.39, 0.29) is 0 Å². The molecular weight excluding hydrogens is 260 g/mol. The second kappa shape index (κ2) is 4.75. The number of nitriles is 1. The van der Waals surface area contributed by atoms with Crippen LogP contribution in [0.2, 0.25) is 5.02 Å². The molecule has 3 nitrogen and oxygen atoms in total. The Morgan fingerprint density at radius 2 is 2.00 bits per heavy atom. The highest BCUT2D eigenvalue weighted by atomic mass is 35.5. The fourth-order valence-corrected chi connectivity index (χ4v) is 2.29. The van der Waals surface area contributed by atoms with Crippen LogP contribution < -0.4 is 4.74 Å². The molecule has 3 rings (SSSR count). The van der Waals surface area contributed by atoms with Gasteiger partial charge >= 0.3 is 0 Å². The van der Waals surface area contributed by atoms with Gasteiger partial charge in [-0.15, -0.1) is 0 Å². The van der Waals surface area contributed by atoms with E-state index in [0.29, 0.717) is 22.9 Å². The van der Waals surface area contributed by atoms with E-state index in [1.54, 1.807) is 18.2 Å². The van der Waals surface area contributed by atoms with E-state index in [1.807, 2.05) is 30.5 Å². The molecule has 92 valence electrons. The summed E-state index contributed by atoms with van der Waals surface area (Å²) in [4.78, 5) is 3.91. The van der Waals surface area contributed by atoms with Crippen LogP contribution >= 0.6 is 11.6 Å². The molecule has 0 aromatic heterocycles. The maximum atomic E-state index is 8.84. The summed E-state index contributed by atoms with van der Waals surface area (Å²) in [6.07, 6.45) is 2.40. The van der Waals surface area contributed by atoms with Gasteiger partial charge in [-0.3, -0.25) is 0 Å². The monoisotopic (exact) mass is 268 g/mol. The average molecular weight is 269 g/mol. The molecule has 0 radical (unpaired) electrons. The third-order valence-electron chi connectivity index (χ3n) is 2.99. The Morgan fingerprint density at radius 3 is 2.84 bits per heavy atom. The van der Waals surface area contributed by atoms with Gasteiger partial charge in [0.1, 0.15) is 11.5 Å². The quantitative estimate of drug-likeness (QED) is 0.679. The van der Waals surface area contributed by atoms with E-state index in [2.05, 4.69) is 4.99 Å². The predicted octanol–water partition coefficient (Wildman–Crippen LogP) is 3.96. The molecule has 0 saturated heterocycles. The van der Waals surface area contributed by atoms with Gasteiger partial charge in [-0.05, 0) is 24.3 Å². The van der Waals surface area contributed by atoms with Crippen molar-refractivity contribution < 1.29 is 4.74 Å². The molecule has 0 saturated carbocycles. The molecule has 0 amide bonds. The van der Waals surface area contributed by atoms with Crippen molar-refractivity contribution in [3.63, 3.8) is 0 Å². The fourth-order valence-electron chi connectivity index (χ4n) is 2.12. The topological polar surface area (TPSA) is 45.4 Å². The number of halogens is 1. The van der Waals surface area contributed by atoms with Crippen LogP contribution in [0.5, 0.6) is 11.5 Å². The minimum atomic E-state index is 0.553. The largest absolute Gasteiger partial charge is 0.456 e. The number of hydrogen-bond acceptors (Lipinski definition) is 3. The van der Waals surface area contributed by atoms with Crippen molar-refractivity contribution in [2.24, 2.45) is 4.99 Å². The molecule has 19 heavy (non-hydrogen) atoms. The number of ether oxygens (including phenoxy) is 1. The van der Waals surface area contributed by atoms with Gasteiger partial charge in [0.2, 0.25) is 6.19 Å². The summed E-state index contributed by atoms with van der Waals surface area (Å²) < 4.78 is 5.89. The van der Waals surface area contributed by atoms with Crippen molar-refractivity contribution in [1.29, 1.82) is 5.26 Å². The van der Waals surface area contributed by atoms with Gasteiger partial charge in [-0.1, -0.05) is 29.8 Å². The Balaban J connectivity index is 2.22. The Morgan fingerprint density at radius 1 is 1.16 bits per heavy atom. The smallest absolute Gasteiger partial charge is 0.205 e. The molecule has 0 bridgehead atoms. The zero-order valence-corrected chi connectivity index (χ0v) is 10.7. The molecular formula is C15H9ClN2O. The Hall–Kier alpha value is -2.31. The first kappa shape index (κ1) is 11.8. The molecule has 1 aliphatic rings. The lowest BCUT2D eigenvalue weighted by Crippen LogP contribution is -2.03. The lowest BCUT2D eigenvalue weighted by atomic mass is 10.0. The molecule has 2 aromatic rings. The highest BCUT2D eigenvalue weighted by molar-refractivity contribution is 6.31. The molecule has 1 aliphatic heterocycles. The maximum Gasteiger partial charge on any atom is 0.205 e. The standard InChI is InChI=1S/C15H9ClN2O/c16-11-5-6-15-12(8-11)13(18-9-17)7-10-3-1-2-4-14(10)19-15/h1-6,8H,7H2. The van der Waals surface area contributed by atoms with E-state index in [0.717, 1.165) is 16.9 Å². The zero-order valence-electron chi connectivity index (χ0n) is 9.93. The predicted molar refractivity (Wildman–Crippen MR) is 73.8 cm³/mol. The van der Waals surface area contributed by atoms with Crippen LogP contribution in [0, 0.1) is 11.5 Å². The van der Waals surface area contributed by atoms with Gasteiger partial charge < -0.3 is 4.74 Å². The molecule has 0 unspecified atom stereocenters. The third kappa shape index (κ3) is 2.18. The lowest BCUT2D eigenvalue weighted by molar-refractivity contribution is 0.480. The summed E-state index contributed by atoms with van der Waals surface area (Å²) in [7, 11) is 0. The highest BCUT2D eigenvalue weighted by Crippen LogP contribution is 2.35. The van der Waals surface area contributed by atoms with Gasteiger partial charge in [0.05, 0.1) is 5.71 Å². The molecule has 0 atom stereocenters. The van der Waals surface area contributed by atoms with E-state index < -0.39 is 0 Å². The van der Waals surface area contributed by atoms with Crippen LogP contribution in [0.1, 0.15) is 11.1 Å². The number of benzene rings is 2. The number of hydrogen-bond donors (Lipinski definition) is 0. The van der Waals surface area contributed by atoms with Gasteiger partial charge in [0.25, 0.3) is 0 Å². The number of para-hydroxylation sites is 1. The summed E-state index contributed by atoms with van der Waals surface area (Å²) >= 11 is 6.01. The van der Waals surface area contributed by atoms with Gasteiger partial charge in [0.15, 0.2) is 0 Å². The van der Waals surface area contributed by atoms with Gasteiger partial charge in [-0.25, -0.2) is 0 Å². The second-order valence-electron chi connectivity index (χ2n) is 4.19. The molecule has 0 spiro atoms. The Kier molecular flexibility index (Phi) is 2.94. The fraction of sp³-hybridized carbons (Fsp3) is 0.0667. The van der Waals surface area contributed by atoms with E-state index >= 15 is 0 Å². The first-order chi connectivity index (χ1) is 9.28. The minimum Gasteiger partial charge on any atom is -0.456 e. The molecule has 0 fully saturated rings. The zero-order chi connectivity index (χ0) is 13.2. The number of rotatable bonds is 0. The molecule has 0 aliphatic carbocycles. The van der Waals surface area contributed by atoms with Gasteiger partial charge in [0, 0.05) is 22.6 Å². The molecule has 2 aromatic carbocycles. The SMILES string of the molecule is N#CN=C1Cc2ccccc2Oc2ccc(Cl)cc21. The summed E-state index contributed by atoms with van der Waals surface area (Å²) in [5, 5.41) is 9.44. The molecule has 0 N–H and O–H groups in total. The highest BCUT2D eigenvalue weighted by Gasteiger charge is 2.19. The van der Waals surface area contributed by atoms with Crippen LogP contribution in [0.3, 0.4) is 0 Å². The van der Waals surface area contributed by atoms with Crippen molar-refractivity contribution >= 4 is 17.3 Å². The second-order valence-corrected chi connectivity index (χ2v) is 4.62. The van der Waals surface area contributed by atoms with E-state index in [1.165, 1.54) is 0 Å². The summed E-state index contributed by atoms with van der Waals surface area (Å²) in [5.41, 5.74) is 2.44. The normalized spacial score (nSPS) is 14.8. The van der Waals surface area contributed by atoms with Crippen LogP contribution in [-0.2, 0) is 6.42 Å². The maximum absolute atomic E-state index is 8.84. The number of aliphatic imine (C=N–C) groups is 1. The molecule has 4 heteroatoms. The van der Waals surface area contributed by atoms with Crippen molar-refractivity contribution in [1.82, 2.24) is 0 Å². The van der Waals surface area contributed by atoms with Crippen LogP contribution in [0.25, 0.3) is 0 Å². The van der Waals surface area contributed by atoms with Crippen LogP contribution in [0.4, 0.5) is 0 Å². The van der Waals surface area contributed by atoms with Crippen LogP contribution in [-0.4, -0.2) is 5.71 Å². The van der Waals surface area contributed by atoms with Crippen molar-refractivity contribution in [3.05, 3.63) is 58.6 Å². The first-order valence-corrected chi connectivity index (χ1v) is 6.17. The minimum absolute atomic E-state index is 0.553. The van der Waals surface area contributed by atoms with Crippen molar-refractivity contribution in [2.75, 3.05) is 0 Å². The summed E-state index contributed by atoms with van der Waals surface area (Å²) in [5.74, 6) is 1.46. The molecule has 1 heterocycles. The lowest BCUT2D eigenvalue weighted by Gasteiger charge is -2.08. The third-order valence-corrected chi connectivity index (χ3v) is 3.22. The van der Waals surface area contributed by atoms with Crippen molar-refractivity contribution in [2.45, 2.75) is 6.42 Å². The van der Waals surface area contributed by atoms with E-state index in [9.17, 15) is 0 Å². The van der Waals surface area contributed by atoms with E-state index in [4.69, 9.17) is 21.6 Å². The summed E-state index contributed by atoms with van der Waals surface area (Å²) in [6, 6.07) is 13.1. The number of fused-ring (bicyclic) bond motifs is 2. The average Bonchev–Trinajstić information content (AvgIpc) is 2.56. The van der Waals surface area contributed by atoms with Crippen molar-refractivity contribution in [3.8, 4) is 17.7 Å². The Bertz CT molecular complexity index is 716. The van der Waals surface area contributed by atoms with Crippen LogP contribution in [0.15, 0.2) is 47.5 Å². The Labute approximate surface area is 115 Å².